The first-order valence-electron chi connectivity index (χ1n) is 5.21. The number of rotatable bonds is 2. The predicted octanol–water partition coefficient (Wildman–Crippen LogP) is 3.27. The maximum absolute atomic E-state index is 4.40. The average molecular weight is 239 g/mol. The molecule has 0 amide bonds. The second kappa shape index (κ2) is 4.43. The summed E-state index contributed by atoms with van der Waals surface area (Å²) in [7, 11) is 0. The Kier molecular flexibility index (Phi) is 2.63. The van der Waals surface area contributed by atoms with Gasteiger partial charge in [0.15, 0.2) is 0 Å². The summed E-state index contributed by atoms with van der Waals surface area (Å²) < 4.78 is 0. The molecule has 3 heterocycles. The zero-order valence-corrected chi connectivity index (χ0v) is 9.76. The average Bonchev–Trinajstić information content (AvgIpc) is 2.90. The first-order chi connectivity index (χ1) is 8.43. The van der Waals surface area contributed by atoms with E-state index in [2.05, 4.69) is 15.0 Å². The second-order valence-electron chi connectivity index (χ2n) is 3.49. The van der Waals surface area contributed by atoms with E-state index in [-0.39, 0.29) is 0 Å². The van der Waals surface area contributed by atoms with E-state index in [1.54, 1.807) is 23.7 Å². The Morgan fingerprint density at radius 3 is 2.65 bits per heavy atom. The maximum Gasteiger partial charge on any atom is 0.125 e. The van der Waals surface area contributed by atoms with Gasteiger partial charge in [0.25, 0.3) is 0 Å². The summed E-state index contributed by atoms with van der Waals surface area (Å²) in [6.07, 6.45) is 7.23. The fourth-order valence-electron chi connectivity index (χ4n) is 1.52. The van der Waals surface area contributed by atoms with E-state index in [0.29, 0.717) is 0 Å². The molecule has 82 valence electrons. The lowest BCUT2D eigenvalue weighted by Gasteiger charge is -1.94. The van der Waals surface area contributed by atoms with Gasteiger partial charge in [0.2, 0.25) is 0 Å². The molecule has 0 saturated heterocycles. The number of nitrogens with zero attached hydrogens (tertiary/aromatic N) is 3. The van der Waals surface area contributed by atoms with E-state index in [4.69, 9.17) is 0 Å². The highest BCUT2D eigenvalue weighted by Gasteiger charge is 2.06. The van der Waals surface area contributed by atoms with Gasteiger partial charge in [-0.1, -0.05) is 6.07 Å². The van der Waals surface area contributed by atoms with Gasteiger partial charge in [-0.3, -0.25) is 9.97 Å². The van der Waals surface area contributed by atoms with Gasteiger partial charge in [0.05, 0.1) is 10.6 Å². The summed E-state index contributed by atoms with van der Waals surface area (Å²) in [5.41, 5.74) is 2.00. The molecular formula is C13H9N3S. The molecule has 3 nitrogen and oxygen atoms in total. The van der Waals surface area contributed by atoms with Crippen molar-refractivity contribution in [1.82, 2.24) is 15.0 Å². The maximum atomic E-state index is 4.40. The van der Waals surface area contributed by atoms with Crippen LogP contribution in [0.2, 0.25) is 0 Å². The lowest BCUT2D eigenvalue weighted by atomic mass is 10.3. The highest BCUT2D eigenvalue weighted by Crippen LogP contribution is 2.30. The van der Waals surface area contributed by atoms with E-state index in [0.717, 1.165) is 21.1 Å². The molecule has 0 aliphatic carbocycles. The SMILES string of the molecule is c1ccc(-c2cnc(-c3cccnc3)s2)nc1. The van der Waals surface area contributed by atoms with E-state index in [9.17, 15) is 0 Å². The topological polar surface area (TPSA) is 38.7 Å². The molecule has 0 N–H and O–H groups in total. The summed E-state index contributed by atoms with van der Waals surface area (Å²) in [6, 6.07) is 9.80. The van der Waals surface area contributed by atoms with Crippen molar-refractivity contribution in [3.63, 3.8) is 0 Å². The molecule has 0 aromatic carbocycles. The Labute approximate surface area is 103 Å². The van der Waals surface area contributed by atoms with Crippen LogP contribution in [0.1, 0.15) is 0 Å². The Morgan fingerprint density at radius 2 is 1.88 bits per heavy atom. The Balaban J connectivity index is 1.99. The summed E-state index contributed by atoms with van der Waals surface area (Å²) in [5.74, 6) is 0. The number of aromatic nitrogens is 3. The molecule has 0 aliphatic rings. The quantitative estimate of drug-likeness (QED) is 0.689. The van der Waals surface area contributed by atoms with Crippen molar-refractivity contribution in [2.24, 2.45) is 0 Å². The molecule has 0 saturated carbocycles. The third-order valence-corrected chi connectivity index (χ3v) is 3.40. The van der Waals surface area contributed by atoms with Crippen molar-refractivity contribution in [3.8, 4) is 21.1 Å². The third kappa shape index (κ3) is 2.07. The number of hydrogen-bond donors (Lipinski definition) is 0. The van der Waals surface area contributed by atoms with Crippen LogP contribution < -0.4 is 0 Å². The van der Waals surface area contributed by atoms with Gasteiger partial charge in [-0.2, -0.15) is 0 Å². The first-order valence-corrected chi connectivity index (χ1v) is 6.03. The molecule has 17 heavy (non-hydrogen) atoms. The van der Waals surface area contributed by atoms with Crippen molar-refractivity contribution in [3.05, 3.63) is 55.1 Å². The lowest BCUT2D eigenvalue weighted by Crippen LogP contribution is -1.75. The van der Waals surface area contributed by atoms with Crippen LogP contribution in [-0.2, 0) is 0 Å². The van der Waals surface area contributed by atoms with Crippen LogP contribution in [0.5, 0.6) is 0 Å². The first kappa shape index (κ1) is 10.1. The van der Waals surface area contributed by atoms with Gasteiger partial charge in [-0.05, 0) is 24.3 Å². The van der Waals surface area contributed by atoms with Gasteiger partial charge in [0.1, 0.15) is 5.01 Å². The zero-order chi connectivity index (χ0) is 11.5. The van der Waals surface area contributed by atoms with Crippen LogP contribution in [0.4, 0.5) is 0 Å². The van der Waals surface area contributed by atoms with Crippen LogP contribution in [0.3, 0.4) is 0 Å². The smallest absolute Gasteiger partial charge is 0.125 e. The number of hydrogen-bond acceptors (Lipinski definition) is 4. The Hall–Kier alpha value is -2.07. The molecule has 0 atom stereocenters. The fraction of sp³-hybridized carbons (Fsp3) is 0. The van der Waals surface area contributed by atoms with Crippen molar-refractivity contribution < 1.29 is 0 Å². The standard InChI is InChI=1S/C13H9N3S/c1-2-7-15-11(5-1)12-9-16-13(17-12)10-4-3-6-14-8-10/h1-9H. The summed E-state index contributed by atoms with van der Waals surface area (Å²) in [6.45, 7) is 0. The van der Waals surface area contributed by atoms with Crippen LogP contribution in [-0.4, -0.2) is 15.0 Å². The van der Waals surface area contributed by atoms with E-state index in [1.807, 2.05) is 42.7 Å². The summed E-state index contributed by atoms with van der Waals surface area (Å²) in [5, 5.41) is 0.971. The van der Waals surface area contributed by atoms with Gasteiger partial charge in [-0.25, -0.2) is 4.98 Å². The highest BCUT2D eigenvalue weighted by molar-refractivity contribution is 7.18. The van der Waals surface area contributed by atoms with Gasteiger partial charge < -0.3 is 0 Å². The zero-order valence-electron chi connectivity index (χ0n) is 8.95. The highest BCUT2D eigenvalue weighted by atomic mass is 32.1. The third-order valence-electron chi connectivity index (χ3n) is 2.33. The van der Waals surface area contributed by atoms with Crippen molar-refractivity contribution in [2.75, 3.05) is 0 Å². The molecule has 0 aliphatic heterocycles. The molecule has 4 heteroatoms. The molecule has 0 bridgehead atoms. The minimum Gasteiger partial charge on any atom is -0.264 e. The normalized spacial score (nSPS) is 10.4. The fourth-order valence-corrected chi connectivity index (χ4v) is 2.41. The summed E-state index contributed by atoms with van der Waals surface area (Å²) >= 11 is 1.63. The molecule has 0 spiro atoms. The van der Waals surface area contributed by atoms with Gasteiger partial charge in [-0.15, -0.1) is 11.3 Å². The number of pyridine rings is 2. The monoisotopic (exact) mass is 239 g/mol. The second-order valence-corrected chi connectivity index (χ2v) is 4.52. The predicted molar refractivity (Wildman–Crippen MR) is 68.6 cm³/mol. The van der Waals surface area contributed by atoms with Crippen molar-refractivity contribution in [1.29, 1.82) is 0 Å². The lowest BCUT2D eigenvalue weighted by molar-refractivity contribution is 1.31. The van der Waals surface area contributed by atoms with Crippen LogP contribution in [0.15, 0.2) is 55.1 Å². The largest absolute Gasteiger partial charge is 0.264 e. The molecule has 0 unspecified atom stereocenters. The van der Waals surface area contributed by atoms with Gasteiger partial charge in [0, 0.05) is 30.4 Å². The summed E-state index contributed by atoms with van der Waals surface area (Å²) in [4.78, 5) is 13.9. The van der Waals surface area contributed by atoms with Crippen LogP contribution in [0.25, 0.3) is 21.1 Å². The Bertz CT molecular complexity index is 551. The molecule has 3 aromatic heterocycles. The van der Waals surface area contributed by atoms with Gasteiger partial charge >= 0.3 is 0 Å². The molecular weight excluding hydrogens is 230 g/mol. The minimum atomic E-state index is 0.958. The minimum absolute atomic E-state index is 0.958. The van der Waals surface area contributed by atoms with Crippen LogP contribution >= 0.6 is 11.3 Å². The van der Waals surface area contributed by atoms with Crippen molar-refractivity contribution in [2.45, 2.75) is 0 Å². The number of thiazole rings is 1. The Morgan fingerprint density at radius 1 is 0.882 bits per heavy atom. The van der Waals surface area contributed by atoms with E-state index < -0.39 is 0 Å². The van der Waals surface area contributed by atoms with E-state index >= 15 is 0 Å². The van der Waals surface area contributed by atoms with Crippen LogP contribution in [0, 0.1) is 0 Å². The molecule has 3 rings (SSSR count). The van der Waals surface area contributed by atoms with E-state index in [1.165, 1.54) is 0 Å². The van der Waals surface area contributed by atoms with Crippen molar-refractivity contribution >= 4 is 11.3 Å². The molecule has 0 fully saturated rings. The molecule has 3 aromatic rings. The molecule has 0 radical (unpaired) electrons.